The molecule has 2 fully saturated rings. The molecule has 1 spiro atoms. The standard InChI is InChI=1S/C18H23NO3/c1-17(21)6-5-11-12-9-10-3-4-13(20)15-14(10)18(11,16(17)22-15)7-8-19(12)2/h3-4,11-12,16,20-21H,5-9H2,1-2H3/t11?,12-,16+,17+,18+/m1/s1. The minimum absolute atomic E-state index is 0.111. The maximum Gasteiger partial charge on any atom is 0.165 e. The quantitative estimate of drug-likeness (QED) is 0.767. The summed E-state index contributed by atoms with van der Waals surface area (Å²) in [7, 11) is 2.22. The van der Waals surface area contributed by atoms with Crippen LogP contribution in [0.2, 0.25) is 0 Å². The highest BCUT2D eigenvalue weighted by Crippen LogP contribution is 2.65. The van der Waals surface area contributed by atoms with Crippen LogP contribution in [0.3, 0.4) is 0 Å². The number of hydrogen-bond donors (Lipinski definition) is 2. The lowest BCUT2D eigenvalue weighted by molar-refractivity contribution is -0.148. The first-order valence-electron chi connectivity index (χ1n) is 8.40. The van der Waals surface area contributed by atoms with Crippen molar-refractivity contribution in [3.05, 3.63) is 23.3 Å². The highest BCUT2D eigenvalue weighted by atomic mass is 16.5. The first-order valence-corrected chi connectivity index (χ1v) is 8.40. The summed E-state index contributed by atoms with van der Waals surface area (Å²) in [6.45, 7) is 2.94. The largest absolute Gasteiger partial charge is 0.504 e. The Balaban J connectivity index is 1.82. The second-order valence-electron chi connectivity index (χ2n) is 7.99. The SMILES string of the molecule is CN1CC[C@]23c4c5ccc(O)c4O[C@H]2[C@@](C)(O)CCC3[C@H]1C5. The molecule has 1 unspecified atom stereocenters. The Labute approximate surface area is 130 Å². The normalized spacial score (nSPS) is 45.3. The van der Waals surface area contributed by atoms with Gasteiger partial charge in [-0.1, -0.05) is 6.07 Å². The molecule has 2 heterocycles. The summed E-state index contributed by atoms with van der Waals surface area (Å²) in [4.78, 5) is 2.49. The Morgan fingerprint density at radius 2 is 2.14 bits per heavy atom. The molecular weight excluding hydrogens is 278 g/mol. The van der Waals surface area contributed by atoms with Crippen molar-refractivity contribution in [1.29, 1.82) is 0 Å². The van der Waals surface area contributed by atoms with Crippen LogP contribution < -0.4 is 4.74 Å². The average molecular weight is 301 g/mol. The number of benzene rings is 1. The second kappa shape index (κ2) is 3.80. The number of phenolic OH excluding ortho intramolecular Hbond substituents is 1. The Morgan fingerprint density at radius 3 is 2.95 bits per heavy atom. The molecule has 118 valence electrons. The van der Waals surface area contributed by atoms with E-state index in [1.807, 2.05) is 6.92 Å². The van der Waals surface area contributed by atoms with Crippen molar-refractivity contribution in [3.63, 3.8) is 0 Å². The highest BCUT2D eigenvalue weighted by Gasteiger charge is 2.67. The van der Waals surface area contributed by atoms with Gasteiger partial charge in [0, 0.05) is 17.0 Å². The van der Waals surface area contributed by atoms with E-state index in [1.165, 1.54) is 11.1 Å². The molecule has 2 aliphatic heterocycles. The molecule has 1 aromatic rings. The average Bonchev–Trinajstić information content (AvgIpc) is 2.83. The smallest absolute Gasteiger partial charge is 0.165 e. The van der Waals surface area contributed by atoms with Gasteiger partial charge in [-0.3, -0.25) is 0 Å². The molecular formula is C18H23NO3. The van der Waals surface area contributed by atoms with Crippen LogP contribution in [0.5, 0.6) is 11.5 Å². The Bertz CT molecular complexity index is 671. The third-order valence-electron chi connectivity index (χ3n) is 6.92. The number of aliphatic hydroxyl groups is 1. The van der Waals surface area contributed by atoms with Crippen LogP contribution in [0.15, 0.2) is 12.1 Å². The summed E-state index contributed by atoms with van der Waals surface area (Å²) in [6, 6.07) is 4.35. The fourth-order valence-electron chi connectivity index (χ4n) is 6.00. The first kappa shape index (κ1) is 13.2. The van der Waals surface area contributed by atoms with Crippen molar-refractivity contribution < 1.29 is 14.9 Å². The van der Waals surface area contributed by atoms with Crippen LogP contribution in [-0.4, -0.2) is 46.5 Å². The van der Waals surface area contributed by atoms with E-state index in [9.17, 15) is 10.2 Å². The lowest BCUT2D eigenvalue weighted by Crippen LogP contribution is -2.69. The van der Waals surface area contributed by atoms with E-state index in [4.69, 9.17) is 4.74 Å². The predicted molar refractivity (Wildman–Crippen MR) is 82.3 cm³/mol. The van der Waals surface area contributed by atoms with Crippen LogP contribution in [0.1, 0.15) is 37.3 Å². The topological polar surface area (TPSA) is 52.9 Å². The number of ether oxygens (including phenoxy) is 1. The van der Waals surface area contributed by atoms with Gasteiger partial charge in [0.05, 0.1) is 5.60 Å². The van der Waals surface area contributed by atoms with Crippen LogP contribution >= 0.6 is 0 Å². The van der Waals surface area contributed by atoms with Crippen molar-refractivity contribution in [1.82, 2.24) is 4.90 Å². The minimum Gasteiger partial charge on any atom is -0.504 e. The van der Waals surface area contributed by atoms with Gasteiger partial charge in [0.15, 0.2) is 11.5 Å². The van der Waals surface area contributed by atoms with Crippen LogP contribution in [0.4, 0.5) is 0 Å². The maximum absolute atomic E-state index is 11.0. The molecule has 5 atom stereocenters. The molecule has 5 rings (SSSR count). The van der Waals surface area contributed by atoms with E-state index < -0.39 is 5.60 Å². The van der Waals surface area contributed by atoms with Crippen LogP contribution in [-0.2, 0) is 11.8 Å². The van der Waals surface area contributed by atoms with Crippen molar-refractivity contribution >= 4 is 0 Å². The number of likely N-dealkylation sites (N-methyl/N-ethyl adjacent to an activating group) is 1. The zero-order valence-corrected chi connectivity index (χ0v) is 13.2. The van der Waals surface area contributed by atoms with E-state index in [2.05, 4.69) is 18.0 Å². The van der Waals surface area contributed by atoms with Gasteiger partial charge in [-0.2, -0.15) is 0 Å². The maximum atomic E-state index is 11.0. The van der Waals surface area contributed by atoms with E-state index in [0.29, 0.717) is 17.7 Å². The molecule has 0 aromatic heterocycles. The van der Waals surface area contributed by atoms with Crippen molar-refractivity contribution in [2.45, 2.75) is 55.8 Å². The fraction of sp³-hybridized carbons (Fsp3) is 0.667. The van der Waals surface area contributed by atoms with Crippen molar-refractivity contribution in [3.8, 4) is 11.5 Å². The summed E-state index contributed by atoms with van der Waals surface area (Å²) in [5.74, 6) is 1.40. The van der Waals surface area contributed by atoms with E-state index in [0.717, 1.165) is 32.2 Å². The number of hydrogen-bond acceptors (Lipinski definition) is 4. The number of phenols is 1. The van der Waals surface area contributed by atoms with Gasteiger partial charge in [0.2, 0.25) is 0 Å². The van der Waals surface area contributed by atoms with Gasteiger partial charge in [0.25, 0.3) is 0 Å². The lowest BCUT2D eigenvalue weighted by atomic mass is 9.49. The summed E-state index contributed by atoms with van der Waals surface area (Å²) < 4.78 is 6.24. The summed E-state index contributed by atoms with van der Waals surface area (Å²) in [6.07, 6.45) is 3.63. The van der Waals surface area contributed by atoms with Gasteiger partial charge in [-0.15, -0.1) is 0 Å². The monoisotopic (exact) mass is 301 g/mol. The van der Waals surface area contributed by atoms with Gasteiger partial charge in [-0.05, 0) is 63.7 Å². The molecule has 0 radical (unpaired) electrons. The van der Waals surface area contributed by atoms with E-state index in [-0.39, 0.29) is 17.3 Å². The van der Waals surface area contributed by atoms with Crippen LogP contribution in [0, 0.1) is 5.92 Å². The summed E-state index contributed by atoms with van der Waals surface area (Å²) >= 11 is 0. The molecule has 1 saturated carbocycles. The molecule has 22 heavy (non-hydrogen) atoms. The Kier molecular flexibility index (Phi) is 2.28. The molecule has 1 aromatic carbocycles. The van der Waals surface area contributed by atoms with Crippen LogP contribution in [0.25, 0.3) is 0 Å². The number of rotatable bonds is 0. The highest BCUT2D eigenvalue weighted by molar-refractivity contribution is 5.61. The molecule has 4 nitrogen and oxygen atoms in total. The van der Waals surface area contributed by atoms with Gasteiger partial charge in [0.1, 0.15) is 6.10 Å². The molecule has 0 amide bonds. The molecule has 2 N–H and O–H groups in total. The van der Waals surface area contributed by atoms with Gasteiger partial charge < -0.3 is 19.8 Å². The third kappa shape index (κ3) is 1.29. The summed E-state index contributed by atoms with van der Waals surface area (Å²) in [5, 5.41) is 21.3. The van der Waals surface area contributed by atoms with Crippen molar-refractivity contribution in [2.24, 2.45) is 5.92 Å². The Morgan fingerprint density at radius 1 is 1.32 bits per heavy atom. The molecule has 1 saturated heterocycles. The number of aromatic hydroxyl groups is 1. The predicted octanol–water partition coefficient (Wildman–Crippen LogP) is 1.81. The van der Waals surface area contributed by atoms with E-state index in [1.54, 1.807) is 6.07 Å². The zero-order chi connectivity index (χ0) is 15.3. The Hall–Kier alpha value is -1.26. The molecule has 2 aliphatic carbocycles. The first-order chi connectivity index (χ1) is 10.4. The zero-order valence-electron chi connectivity index (χ0n) is 13.2. The molecule has 4 aliphatic rings. The number of nitrogens with zero attached hydrogens (tertiary/aromatic N) is 1. The van der Waals surface area contributed by atoms with E-state index >= 15 is 0 Å². The fourth-order valence-corrected chi connectivity index (χ4v) is 6.00. The second-order valence-corrected chi connectivity index (χ2v) is 7.99. The van der Waals surface area contributed by atoms with Gasteiger partial charge >= 0.3 is 0 Å². The van der Waals surface area contributed by atoms with Gasteiger partial charge in [-0.25, -0.2) is 0 Å². The molecule has 2 bridgehead atoms. The number of likely N-dealkylation sites (tertiary alicyclic amines) is 1. The van der Waals surface area contributed by atoms with Crippen molar-refractivity contribution in [2.75, 3.05) is 13.6 Å². The molecule has 4 heteroatoms. The summed E-state index contributed by atoms with van der Waals surface area (Å²) in [5.41, 5.74) is 1.59. The minimum atomic E-state index is -0.822. The lowest BCUT2D eigenvalue weighted by Gasteiger charge is -2.60. The third-order valence-corrected chi connectivity index (χ3v) is 6.92. The number of piperidine rings is 1.